The van der Waals surface area contributed by atoms with Crippen LogP contribution in [0.1, 0.15) is 24.9 Å². The lowest BCUT2D eigenvalue weighted by molar-refractivity contribution is 0.266. The number of halogens is 2. The van der Waals surface area contributed by atoms with E-state index in [0.29, 0.717) is 11.6 Å². The molecule has 0 aliphatic rings. The molecule has 0 radical (unpaired) electrons. The van der Waals surface area contributed by atoms with E-state index < -0.39 is 0 Å². The van der Waals surface area contributed by atoms with Gasteiger partial charge in [0.15, 0.2) is 0 Å². The van der Waals surface area contributed by atoms with Crippen LogP contribution in [0, 0.1) is 0 Å². The van der Waals surface area contributed by atoms with Gasteiger partial charge in [0.2, 0.25) is 0 Å². The third kappa shape index (κ3) is 5.24. The smallest absolute Gasteiger partial charge is 0.120 e. The maximum absolute atomic E-state index is 6.07. The molecular weight excluding hydrogens is 305 g/mol. The Morgan fingerprint density at radius 2 is 1.76 bits per heavy atom. The summed E-state index contributed by atoms with van der Waals surface area (Å²) < 4.78 is 5.85. The van der Waals surface area contributed by atoms with Gasteiger partial charge in [0, 0.05) is 10.0 Å². The Morgan fingerprint density at radius 1 is 1.05 bits per heavy atom. The summed E-state index contributed by atoms with van der Waals surface area (Å²) in [5.41, 5.74) is 1.12. The molecule has 2 nitrogen and oxygen atoms in total. The predicted molar refractivity (Wildman–Crippen MR) is 89.4 cm³/mol. The average Bonchev–Trinajstić information content (AvgIpc) is 2.47. The molecule has 112 valence electrons. The lowest BCUT2D eigenvalue weighted by Crippen LogP contribution is -2.27. The molecule has 0 fully saturated rings. The van der Waals surface area contributed by atoms with Crippen molar-refractivity contribution in [2.45, 2.75) is 19.4 Å². The van der Waals surface area contributed by atoms with Crippen molar-refractivity contribution in [1.29, 1.82) is 0 Å². The van der Waals surface area contributed by atoms with Crippen LogP contribution >= 0.6 is 23.2 Å². The third-order valence-electron chi connectivity index (χ3n) is 3.10. The predicted octanol–water partition coefficient (Wildman–Crippen LogP) is 5.11. The fraction of sp³-hybridized carbons (Fsp3) is 0.294. The van der Waals surface area contributed by atoms with Crippen LogP contribution in [-0.2, 0) is 0 Å². The summed E-state index contributed by atoms with van der Waals surface area (Å²) in [6, 6.07) is 15.4. The first-order valence-corrected chi connectivity index (χ1v) is 7.82. The Kier molecular flexibility index (Phi) is 6.37. The lowest BCUT2D eigenvalue weighted by atomic mass is 10.1. The Bertz CT molecular complexity index is 574. The van der Waals surface area contributed by atoms with Crippen molar-refractivity contribution in [2.24, 2.45) is 0 Å². The number of hydrogen-bond acceptors (Lipinski definition) is 2. The number of nitrogens with one attached hydrogen (secondary N) is 1. The van der Waals surface area contributed by atoms with Gasteiger partial charge in [0.05, 0.1) is 6.04 Å². The molecule has 4 heteroatoms. The van der Waals surface area contributed by atoms with Crippen LogP contribution < -0.4 is 10.1 Å². The second-order valence-electron chi connectivity index (χ2n) is 4.83. The van der Waals surface area contributed by atoms with Crippen molar-refractivity contribution < 1.29 is 4.74 Å². The van der Waals surface area contributed by atoms with Crippen molar-refractivity contribution in [3.05, 3.63) is 64.1 Å². The van der Waals surface area contributed by atoms with E-state index in [2.05, 4.69) is 18.3 Å². The molecule has 2 aromatic rings. The Labute approximate surface area is 136 Å². The molecule has 0 saturated carbocycles. The van der Waals surface area contributed by atoms with Gasteiger partial charge in [-0.3, -0.25) is 0 Å². The van der Waals surface area contributed by atoms with E-state index in [1.54, 1.807) is 0 Å². The quantitative estimate of drug-likeness (QED) is 0.764. The van der Waals surface area contributed by atoms with E-state index in [1.165, 1.54) is 0 Å². The summed E-state index contributed by atoms with van der Waals surface area (Å²) in [5, 5.41) is 4.89. The SMILES string of the molecule is CCCNC(COc1cccc(Cl)c1)c1cccc(Cl)c1. The molecule has 2 aromatic carbocycles. The minimum Gasteiger partial charge on any atom is -0.492 e. The monoisotopic (exact) mass is 323 g/mol. The molecular formula is C17H19Cl2NO. The molecule has 1 atom stereocenters. The average molecular weight is 324 g/mol. The van der Waals surface area contributed by atoms with Crippen LogP contribution in [0.15, 0.2) is 48.5 Å². The molecule has 0 aliphatic heterocycles. The Hall–Kier alpha value is -1.22. The highest BCUT2D eigenvalue weighted by Gasteiger charge is 2.12. The van der Waals surface area contributed by atoms with E-state index in [1.807, 2.05) is 42.5 Å². The van der Waals surface area contributed by atoms with E-state index in [9.17, 15) is 0 Å². The van der Waals surface area contributed by atoms with E-state index >= 15 is 0 Å². The highest BCUT2D eigenvalue weighted by atomic mass is 35.5. The van der Waals surface area contributed by atoms with Crippen molar-refractivity contribution in [3.8, 4) is 5.75 Å². The summed E-state index contributed by atoms with van der Waals surface area (Å²) in [7, 11) is 0. The first-order valence-electron chi connectivity index (χ1n) is 7.06. The van der Waals surface area contributed by atoms with Gasteiger partial charge in [-0.15, -0.1) is 0 Å². The summed E-state index contributed by atoms with van der Waals surface area (Å²) >= 11 is 12.0. The van der Waals surface area contributed by atoms with Crippen molar-refractivity contribution in [2.75, 3.05) is 13.2 Å². The van der Waals surface area contributed by atoms with Crippen LogP contribution in [0.2, 0.25) is 10.0 Å². The Balaban J connectivity index is 2.06. The zero-order valence-corrected chi connectivity index (χ0v) is 13.5. The van der Waals surface area contributed by atoms with Crippen molar-refractivity contribution >= 4 is 23.2 Å². The maximum Gasteiger partial charge on any atom is 0.120 e. The van der Waals surface area contributed by atoms with Crippen molar-refractivity contribution in [1.82, 2.24) is 5.32 Å². The standard InChI is InChI=1S/C17H19Cl2NO/c1-2-9-20-17(13-5-3-6-14(18)10-13)12-21-16-8-4-7-15(19)11-16/h3-8,10-11,17,20H,2,9,12H2,1H3. The maximum atomic E-state index is 6.07. The van der Waals surface area contributed by atoms with Crippen LogP contribution in [0.5, 0.6) is 5.75 Å². The number of benzene rings is 2. The molecule has 1 unspecified atom stereocenters. The van der Waals surface area contributed by atoms with E-state index in [0.717, 1.165) is 29.3 Å². The molecule has 0 aliphatic carbocycles. The van der Waals surface area contributed by atoms with Crippen LogP contribution in [0.4, 0.5) is 0 Å². The molecule has 1 N–H and O–H groups in total. The van der Waals surface area contributed by atoms with Gasteiger partial charge >= 0.3 is 0 Å². The molecule has 0 saturated heterocycles. The van der Waals surface area contributed by atoms with Gasteiger partial charge in [0.25, 0.3) is 0 Å². The van der Waals surface area contributed by atoms with Gasteiger partial charge in [-0.25, -0.2) is 0 Å². The van der Waals surface area contributed by atoms with Gasteiger partial charge in [-0.2, -0.15) is 0 Å². The van der Waals surface area contributed by atoms with Gasteiger partial charge < -0.3 is 10.1 Å². The summed E-state index contributed by atoms with van der Waals surface area (Å²) in [5.74, 6) is 0.771. The first kappa shape index (κ1) is 16.2. The number of ether oxygens (including phenoxy) is 1. The molecule has 0 bridgehead atoms. The molecule has 0 amide bonds. The largest absolute Gasteiger partial charge is 0.492 e. The highest BCUT2D eigenvalue weighted by molar-refractivity contribution is 6.30. The minimum atomic E-state index is 0.0997. The summed E-state index contributed by atoms with van der Waals surface area (Å²) in [4.78, 5) is 0. The second-order valence-corrected chi connectivity index (χ2v) is 5.70. The van der Waals surface area contributed by atoms with Gasteiger partial charge in [-0.05, 0) is 48.9 Å². The van der Waals surface area contributed by atoms with Gasteiger partial charge in [0.1, 0.15) is 12.4 Å². The third-order valence-corrected chi connectivity index (χ3v) is 3.57. The highest BCUT2D eigenvalue weighted by Crippen LogP contribution is 2.21. The minimum absolute atomic E-state index is 0.0997. The fourth-order valence-electron chi connectivity index (χ4n) is 2.05. The second kappa shape index (κ2) is 8.28. The molecule has 21 heavy (non-hydrogen) atoms. The topological polar surface area (TPSA) is 21.3 Å². The fourth-order valence-corrected chi connectivity index (χ4v) is 2.43. The Morgan fingerprint density at radius 3 is 2.43 bits per heavy atom. The van der Waals surface area contributed by atoms with E-state index in [-0.39, 0.29) is 6.04 Å². The summed E-state index contributed by atoms with van der Waals surface area (Å²) in [6.07, 6.45) is 1.06. The molecule has 2 rings (SSSR count). The molecule has 0 heterocycles. The summed E-state index contributed by atoms with van der Waals surface area (Å²) in [6.45, 7) is 3.59. The van der Waals surface area contributed by atoms with E-state index in [4.69, 9.17) is 27.9 Å². The first-order chi connectivity index (χ1) is 10.2. The van der Waals surface area contributed by atoms with Crippen LogP contribution in [0.25, 0.3) is 0 Å². The van der Waals surface area contributed by atoms with Crippen LogP contribution in [0.3, 0.4) is 0 Å². The zero-order chi connectivity index (χ0) is 15.1. The molecule has 0 aromatic heterocycles. The van der Waals surface area contributed by atoms with Crippen molar-refractivity contribution in [3.63, 3.8) is 0 Å². The van der Waals surface area contributed by atoms with Crippen LogP contribution in [-0.4, -0.2) is 13.2 Å². The van der Waals surface area contributed by atoms with Gasteiger partial charge in [-0.1, -0.05) is 48.3 Å². The lowest BCUT2D eigenvalue weighted by Gasteiger charge is -2.20. The normalized spacial score (nSPS) is 12.1. The number of rotatable bonds is 7. The zero-order valence-electron chi connectivity index (χ0n) is 12.0. The number of hydrogen-bond donors (Lipinski definition) is 1. The molecule has 0 spiro atoms.